The van der Waals surface area contributed by atoms with Gasteiger partial charge in [-0.3, -0.25) is 4.79 Å². The van der Waals surface area contributed by atoms with Crippen LogP contribution in [0.25, 0.3) is 0 Å². The van der Waals surface area contributed by atoms with E-state index in [-0.39, 0.29) is 5.78 Å². The van der Waals surface area contributed by atoms with Crippen LogP contribution in [-0.2, 0) is 4.74 Å². The average Bonchev–Trinajstić information content (AvgIpc) is 2.77. The normalized spacial score (nSPS) is 15.5. The molecular formula is C7H7N3O2. The zero-order chi connectivity index (χ0) is 8.39. The molecule has 1 N–H and O–H groups in total. The van der Waals surface area contributed by atoms with E-state index in [0.29, 0.717) is 18.1 Å². The molecule has 12 heavy (non-hydrogen) atoms. The predicted octanol–water partition coefficient (Wildman–Crippen LogP) is 0.292. The van der Waals surface area contributed by atoms with Crippen LogP contribution in [0.2, 0.25) is 0 Å². The van der Waals surface area contributed by atoms with Gasteiger partial charge in [0.2, 0.25) is 5.78 Å². The summed E-state index contributed by atoms with van der Waals surface area (Å²) in [6.45, 7) is 0.582. The van der Waals surface area contributed by atoms with Gasteiger partial charge in [-0.25, -0.2) is 0 Å². The quantitative estimate of drug-likeness (QED) is 0.639. The molecular weight excluding hydrogens is 158 g/mol. The molecule has 0 spiro atoms. The number of nitrogens with one attached hydrogen (secondary N) is 1. The summed E-state index contributed by atoms with van der Waals surface area (Å²) in [5, 5.41) is 9.56. The lowest BCUT2D eigenvalue weighted by atomic mass is 10.2. The molecule has 0 unspecified atom stereocenters. The third-order valence-corrected chi connectivity index (χ3v) is 1.58. The van der Waals surface area contributed by atoms with Crippen molar-refractivity contribution in [2.75, 3.05) is 6.61 Å². The first-order valence-electron chi connectivity index (χ1n) is 3.61. The highest BCUT2D eigenvalue weighted by Crippen LogP contribution is 2.13. The van der Waals surface area contributed by atoms with E-state index in [9.17, 15) is 4.79 Å². The molecule has 0 saturated carbocycles. The zero-order valence-electron chi connectivity index (χ0n) is 6.28. The Morgan fingerprint density at radius 3 is 3.17 bits per heavy atom. The minimum Gasteiger partial charge on any atom is -0.489 e. The van der Waals surface area contributed by atoms with Crippen LogP contribution in [0, 0.1) is 0 Å². The summed E-state index contributed by atoms with van der Waals surface area (Å²) in [4.78, 5) is 11.4. The van der Waals surface area contributed by atoms with Crippen LogP contribution in [0.1, 0.15) is 16.9 Å². The Balaban J connectivity index is 2.20. The van der Waals surface area contributed by atoms with Crippen molar-refractivity contribution in [1.29, 1.82) is 0 Å². The standard InChI is InChI=1S/C7H7N3O2/c11-7(5-4-8-10-9-5)6-2-1-3-12-6/h2,4H,1,3H2,(H,8,9,10). The number of allylic oxidation sites excluding steroid dienone is 1. The third-order valence-electron chi connectivity index (χ3n) is 1.58. The molecule has 1 aliphatic rings. The summed E-state index contributed by atoms with van der Waals surface area (Å²) in [5.41, 5.74) is 0.295. The van der Waals surface area contributed by atoms with Crippen LogP contribution in [-0.4, -0.2) is 27.8 Å². The van der Waals surface area contributed by atoms with E-state index in [2.05, 4.69) is 15.4 Å². The highest BCUT2D eigenvalue weighted by molar-refractivity contribution is 6.05. The molecule has 5 nitrogen and oxygen atoms in total. The summed E-state index contributed by atoms with van der Waals surface area (Å²) in [6, 6.07) is 0. The molecule has 1 aromatic heterocycles. The van der Waals surface area contributed by atoms with Crippen LogP contribution >= 0.6 is 0 Å². The molecule has 1 aliphatic heterocycles. The van der Waals surface area contributed by atoms with Crippen molar-refractivity contribution >= 4 is 5.78 Å². The number of rotatable bonds is 2. The Kier molecular flexibility index (Phi) is 1.62. The number of ketones is 1. The Labute approximate surface area is 68.4 Å². The molecule has 0 amide bonds. The van der Waals surface area contributed by atoms with E-state index >= 15 is 0 Å². The van der Waals surface area contributed by atoms with Crippen molar-refractivity contribution in [2.24, 2.45) is 0 Å². The van der Waals surface area contributed by atoms with Gasteiger partial charge < -0.3 is 4.74 Å². The number of carbonyl (C=O) groups excluding carboxylic acids is 1. The lowest BCUT2D eigenvalue weighted by Gasteiger charge is -1.97. The number of nitrogens with zero attached hydrogens (tertiary/aromatic N) is 2. The molecule has 62 valence electrons. The summed E-state index contributed by atoms with van der Waals surface area (Å²) in [5.74, 6) is 0.171. The average molecular weight is 165 g/mol. The second kappa shape index (κ2) is 2.77. The van der Waals surface area contributed by atoms with Gasteiger partial charge in [0.15, 0.2) is 11.5 Å². The van der Waals surface area contributed by atoms with E-state index in [1.165, 1.54) is 6.20 Å². The molecule has 1 aromatic rings. The Bertz CT molecular complexity index is 315. The first-order valence-corrected chi connectivity index (χ1v) is 3.61. The second-order valence-corrected chi connectivity index (χ2v) is 2.39. The maximum Gasteiger partial charge on any atom is 0.249 e. The van der Waals surface area contributed by atoms with Gasteiger partial charge in [0, 0.05) is 6.42 Å². The number of hydrogen-bond acceptors (Lipinski definition) is 4. The van der Waals surface area contributed by atoms with Crippen molar-refractivity contribution < 1.29 is 9.53 Å². The van der Waals surface area contributed by atoms with Gasteiger partial charge in [-0.15, -0.1) is 0 Å². The lowest BCUT2D eigenvalue weighted by molar-refractivity contribution is 0.0937. The Morgan fingerprint density at radius 2 is 2.58 bits per heavy atom. The Hall–Kier alpha value is -1.65. The van der Waals surface area contributed by atoms with Gasteiger partial charge in [-0.2, -0.15) is 15.4 Å². The van der Waals surface area contributed by atoms with Crippen molar-refractivity contribution in [3.8, 4) is 0 Å². The van der Waals surface area contributed by atoms with Crippen molar-refractivity contribution in [2.45, 2.75) is 6.42 Å². The second-order valence-electron chi connectivity index (χ2n) is 2.39. The van der Waals surface area contributed by atoms with Crippen molar-refractivity contribution in [3.63, 3.8) is 0 Å². The van der Waals surface area contributed by atoms with Crippen LogP contribution in [0.15, 0.2) is 18.0 Å². The van der Waals surface area contributed by atoms with Crippen molar-refractivity contribution in [3.05, 3.63) is 23.7 Å². The molecule has 0 aromatic carbocycles. The number of hydrogen-bond donors (Lipinski definition) is 1. The summed E-state index contributed by atoms with van der Waals surface area (Å²) < 4.78 is 5.07. The molecule has 0 radical (unpaired) electrons. The third kappa shape index (κ3) is 1.09. The maximum atomic E-state index is 11.4. The van der Waals surface area contributed by atoms with E-state index in [1.54, 1.807) is 6.08 Å². The number of aromatic nitrogens is 3. The van der Waals surface area contributed by atoms with Crippen LogP contribution in [0.3, 0.4) is 0 Å². The molecule has 0 atom stereocenters. The fourth-order valence-electron chi connectivity index (χ4n) is 1.01. The first-order chi connectivity index (χ1) is 5.88. The number of H-pyrrole nitrogens is 1. The van der Waals surface area contributed by atoms with Gasteiger partial charge in [-0.1, -0.05) is 0 Å². The SMILES string of the molecule is O=C(C1=CCCO1)c1cn[nH]n1. The highest BCUT2D eigenvalue weighted by Gasteiger charge is 2.18. The molecule has 5 heteroatoms. The fraction of sp³-hybridized carbons (Fsp3) is 0.286. The first kappa shape index (κ1) is 7.02. The summed E-state index contributed by atoms with van der Waals surface area (Å²) in [6.07, 6.45) is 3.93. The van der Waals surface area contributed by atoms with E-state index < -0.39 is 0 Å². The molecule has 2 heterocycles. The molecule has 0 fully saturated rings. The molecule has 0 aliphatic carbocycles. The molecule has 2 rings (SSSR count). The van der Waals surface area contributed by atoms with Gasteiger partial charge in [-0.05, 0) is 6.08 Å². The minimum atomic E-state index is -0.207. The van der Waals surface area contributed by atoms with E-state index in [1.807, 2.05) is 0 Å². The lowest BCUT2D eigenvalue weighted by Crippen LogP contribution is -2.04. The van der Waals surface area contributed by atoms with Gasteiger partial charge in [0.05, 0.1) is 12.8 Å². The van der Waals surface area contributed by atoms with E-state index in [4.69, 9.17) is 4.74 Å². The van der Waals surface area contributed by atoms with E-state index in [0.717, 1.165) is 6.42 Å². The minimum absolute atomic E-state index is 0.207. The largest absolute Gasteiger partial charge is 0.489 e. The van der Waals surface area contributed by atoms with Crippen LogP contribution in [0.5, 0.6) is 0 Å². The zero-order valence-corrected chi connectivity index (χ0v) is 6.28. The van der Waals surface area contributed by atoms with Gasteiger partial charge >= 0.3 is 0 Å². The fourth-order valence-corrected chi connectivity index (χ4v) is 1.01. The number of ether oxygens (including phenoxy) is 1. The van der Waals surface area contributed by atoms with Crippen molar-refractivity contribution in [1.82, 2.24) is 15.4 Å². The highest BCUT2D eigenvalue weighted by atomic mass is 16.5. The van der Waals surface area contributed by atoms with Crippen LogP contribution < -0.4 is 0 Å². The van der Waals surface area contributed by atoms with Gasteiger partial charge in [0.25, 0.3) is 0 Å². The monoisotopic (exact) mass is 165 g/mol. The maximum absolute atomic E-state index is 11.4. The topological polar surface area (TPSA) is 67.9 Å². The number of Topliss-reactive ketones (excluding diaryl/α,β-unsaturated/α-hetero) is 1. The molecule has 0 bridgehead atoms. The Morgan fingerprint density at radius 1 is 1.67 bits per heavy atom. The summed E-state index contributed by atoms with van der Waals surface area (Å²) >= 11 is 0. The molecule has 0 saturated heterocycles. The smallest absolute Gasteiger partial charge is 0.249 e. The summed E-state index contributed by atoms with van der Waals surface area (Å²) in [7, 11) is 0. The van der Waals surface area contributed by atoms with Crippen LogP contribution in [0.4, 0.5) is 0 Å². The number of carbonyl (C=O) groups is 1. The van der Waals surface area contributed by atoms with Gasteiger partial charge in [0.1, 0.15) is 0 Å². The predicted molar refractivity (Wildman–Crippen MR) is 39.4 cm³/mol. The number of aromatic amines is 1.